The first-order valence-corrected chi connectivity index (χ1v) is 4.48. The third-order valence-electron chi connectivity index (χ3n) is 0.879. The lowest BCUT2D eigenvalue weighted by Crippen LogP contribution is -2.00. The fourth-order valence-electron chi connectivity index (χ4n) is 0.411. The minimum absolute atomic E-state index is 0.235. The maximum absolute atomic E-state index is 8.34. The molecule has 0 aromatic carbocycles. The van der Waals surface area contributed by atoms with Gasteiger partial charge in [-0.15, -0.1) is 0 Å². The first-order chi connectivity index (χ1) is 4.41. The molecule has 0 amide bonds. The molecule has 1 N–H and O–H groups in total. The average molecular weight is 150 g/mol. The second-order valence-electron chi connectivity index (χ2n) is 1.68. The molecular weight excluding hydrogens is 136 g/mol. The van der Waals surface area contributed by atoms with E-state index in [0.29, 0.717) is 6.61 Å². The molecule has 0 saturated carbocycles. The molecule has 0 aromatic heterocycles. The van der Waals surface area contributed by atoms with E-state index < -0.39 is 0 Å². The highest BCUT2D eigenvalue weighted by molar-refractivity contribution is 7.98. The van der Waals surface area contributed by atoms with Gasteiger partial charge in [-0.3, -0.25) is 0 Å². The summed E-state index contributed by atoms with van der Waals surface area (Å²) in [6, 6.07) is 0. The number of aliphatic hydroxyl groups excluding tert-OH is 1. The molecule has 0 aliphatic rings. The van der Waals surface area contributed by atoms with Crippen LogP contribution >= 0.6 is 11.8 Å². The minimum atomic E-state index is 0.235. The predicted octanol–water partition coefficient (Wildman–Crippen LogP) is 0.748. The Morgan fingerprint density at radius 1 is 1.44 bits per heavy atom. The molecule has 0 spiro atoms. The second-order valence-corrected chi connectivity index (χ2v) is 2.67. The predicted molar refractivity (Wildman–Crippen MR) is 40.9 cm³/mol. The van der Waals surface area contributed by atoms with Crippen LogP contribution < -0.4 is 0 Å². The summed E-state index contributed by atoms with van der Waals surface area (Å²) < 4.78 is 5.13. The van der Waals surface area contributed by atoms with Gasteiger partial charge in [0.1, 0.15) is 0 Å². The number of rotatable bonds is 6. The van der Waals surface area contributed by atoms with Crippen molar-refractivity contribution in [3.05, 3.63) is 0 Å². The van der Waals surface area contributed by atoms with Crippen molar-refractivity contribution >= 4 is 11.8 Å². The Morgan fingerprint density at radius 2 is 2.22 bits per heavy atom. The average Bonchev–Trinajstić information content (AvgIpc) is 1.89. The summed E-state index contributed by atoms with van der Waals surface area (Å²) in [5, 5.41) is 8.34. The van der Waals surface area contributed by atoms with Crippen LogP contribution in [-0.2, 0) is 4.74 Å². The van der Waals surface area contributed by atoms with E-state index in [2.05, 4.69) is 6.26 Å². The van der Waals surface area contributed by atoms with E-state index in [9.17, 15) is 0 Å². The van der Waals surface area contributed by atoms with E-state index in [1.165, 1.54) is 0 Å². The molecule has 56 valence electrons. The van der Waals surface area contributed by atoms with E-state index in [0.717, 1.165) is 18.8 Å². The quantitative estimate of drug-likeness (QED) is 0.566. The van der Waals surface area contributed by atoms with Crippen LogP contribution in [0, 0.1) is 0 Å². The summed E-state index contributed by atoms with van der Waals surface area (Å²) in [6.07, 6.45) is 2.81. The highest BCUT2D eigenvalue weighted by Crippen LogP contribution is 1.90. The number of thioether (sulfide) groups is 1. The molecule has 0 bridgehead atoms. The first-order valence-electron chi connectivity index (χ1n) is 3.09. The lowest BCUT2D eigenvalue weighted by molar-refractivity contribution is 0.129. The number of hydrogen-bond acceptors (Lipinski definition) is 3. The summed E-state index contributed by atoms with van der Waals surface area (Å²) in [7, 11) is 0. The van der Waals surface area contributed by atoms with Gasteiger partial charge in [0, 0.05) is 19.0 Å². The van der Waals surface area contributed by atoms with Gasteiger partial charge in [-0.25, -0.2) is 0 Å². The van der Waals surface area contributed by atoms with Gasteiger partial charge in [0.2, 0.25) is 0 Å². The second kappa shape index (κ2) is 8.27. The Labute approximate surface area is 60.6 Å². The molecule has 0 aliphatic heterocycles. The summed E-state index contributed by atoms with van der Waals surface area (Å²) in [5.74, 6) is 1.05. The van der Waals surface area contributed by atoms with Crippen LogP contribution in [0.2, 0.25) is 0 Å². The Hall–Kier alpha value is 0.270. The Balaban J connectivity index is 2.60. The number of ether oxygens (including phenoxy) is 1. The third kappa shape index (κ3) is 8.27. The first kappa shape index (κ1) is 9.27. The Morgan fingerprint density at radius 3 is 2.78 bits per heavy atom. The Bertz CT molecular complexity index is 44.3. The molecule has 0 heterocycles. The molecule has 0 aromatic rings. The lowest BCUT2D eigenvalue weighted by Gasteiger charge is -1.99. The van der Waals surface area contributed by atoms with Gasteiger partial charge in [0.25, 0.3) is 0 Å². The van der Waals surface area contributed by atoms with E-state index in [1.807, 2.05) is 0 Å². The molecule has 0 atom stereocenters. The van der Waals surface area contributed by atoms with Crippen LogP contribution in [0.25, 0.3) is 0 Å². The molecule has 2 nitrogen and oxygen atoms in total. The molecule has 9 heavy (non-hydrogen) atoms. The van der Waals surface area contributed by atoms with Gasteiger partial charge < -0.3 is 9.84 Å². The lowest BCUT2D eigenvalue weighted by atomic mass is 10.5. The van der Waals surface area contributed by atoms with E-state index in [-0.39, 0.29) is 6.61 Å². The van der Waals surface area contributed by atoms with Gasteiger partial charge in [-0.2, -0.15) is 11.8 Å². The summed E-state index contributed by atoms with van der Waals surface area (Å²) >= 11 is 1.77. The van der Waals surface area contributed by atoms with Crippen LogP contribution in [-0.4, -0.2) is 36.9 Å². The van der Waals surface area contributed by atoms with E-state index in [1.54, 1.807) is 11.8 Å². The van der Waals surface area contributed by atoms with Gasteiger partial charge in [0.15, 0.2) is 0 Å². The fraction of sp³-hybridized carbons (Fsp3) is 1.00. The summed E-state index contributed by atoms with van der Waals surface area (Å²) in [5.41, 5.74) is 0. The molecule has 0 aliphatic carbocycles. The third-order valence-corrected chi connectivity index (χ3v) is 1.45. The van der Waals surface area contributed by atoms with E-state index >= 15 is 0 Å². The van der Waals surface area contributed by atoms with Crippen LogP contribution in [0.5, 0.6) is 0 Å². The molecule has 0 fully saturated rings. The molecule has 0 rings (SSSR count). The normalized spacial score (nSPS) is 10.0. The van der Waals surface area contributed by atoms with Gasteiger partial charge in [-0.1, -0.05) is 0 Å². The van der Waals surface area contributed by atoms with Crippen molar-refractivity contribution in [1.82, 2.24) is 0 Å². The van der Waals surface area contributed by atoms with Crippen LogP contribution in [0.15, 0.2) is 0 Å². The van der Waals surface area contributed by atoms with Crippen LogP contribution in [0.1, 0.15) is 6.42 Å². The molecule has 0 unspecified atom stereocenters. The maximum Gasteiger partial charge on any atom is 0.0556 e. The largest absolute Gasteiger partial charge is 0.396 e. The van der Waals surface area contributed by atoms with Crippen molar-refractivity contribution in [2.24, 2.45) is 0 Å². The molecule has 0 saturated heterocycles. The fourth-order valence-corrected chi connectivity index (χ4v) is 0.695. The monoisotopic (exact) mass is 150 g/mol. The molecule has 0 radical (unpaired) electrons. The highest BCUT2D eigenvalue weighted by Gasteiger charge is 1.85. The number of aliphatic hydroxyl groups is 1. The SMILES string of the molecule is CSCCOCCCO. The zero-order valence-electron chi connectivity index (χ0n) is 5.80. The van der Waals surface area contributed by atoms with Gasteiger partial charge in [-0.05, 0) is 12.7 Å². The summed E-state index contributed by atoms with van der Waals surface area (Å²) in [4.78, 5) is 0. The van der Waals surface area contributed by atoms with Gasteiger partial charge >= 0.3 is 0 Å². The minimum Gasteiger partial charge on any atom is -0.396 e. The van der Waals surface area contributed by atoms with Crippen molar-refractivity contribution in [2.75, 3.05) is 31.8 Å². The summed E-state index contributed by atoms with van der Waals surface area (Å²) in [6.45, 7) is 1.73. The smallest absolute Gasteiger partial charge is 0.0556 e. The highest BCUT2D eigenvalue weighted by atomic mass is 32.2. The molecular formula is C6H14O2S. The van der Waals surface area contributed by atoms with Crippen molar-refractivity contribution in [3.63, 3.8) is 0 Å². The van der Waals surface area contributed by atoms with Crippen LogP contribution in [0.3, 0.4) is 0 Å². The molecule has 3 heteroatoms. The standard InChI is InChI=1S/C6H14O2S/c1-9-6-5-8-4-2-3-7/h7H,2-6H2,1H3. The van der Waals surface area contributed by atoms with Crippen LogP contribution in [0.4, 0.5) is 0 Å². The van der Waals surface area contributed by atoms with E-state index in [4.69, 9.17) is 9.84 Å². The Kier molecular flexibility index (Phi) is 8.52. The zero-order valence-corrected chi connectivity index (χ0v) is 6.62. The zero-order chi connectivity index (χ0) is 6.95. The maximum atomic E-state index is 8.34. The van der Waals surface area contributed by atoms with Crippen molar-refractivity contribution in [2.45, 2.75) is 6.42 Å². The van der Waals surface area contributed by atoms with Gasteiger partial charge in [0.05, 0.1) is 6.61 Å². The van der Waals surface area contributed by atoms with Crippen molar-refractivity contribution in [3.8, 4) is 0 Å². The number of hydrogen-bond donors (Lipinski definition) is 1. The van der Waals surface area contributed by atoms with Crippen molar-refractivity contribution < 1.29 is 9.84 Å². The topological polar surface area (TPSA) is 29.5 Å². The van der Waals surface area contributed by atoms with Crippen molar-refractivity contribution in [1.29, 1.82) is 0 Å².